The van der Waals surface area contributed by atoms with E-state index in [0.29, 0.717) is 12.0 Å². The van der Waals surface area contributed by atoms with E-state index in [1.165, 1.54) is 23.5 Å². The van der Waals surface area contributed by atoms with Crippen molar-refractivity contribution in [2.75, 3.05) is 6.61 Å². The van der Waals surface area contributed by atoms with Crippen LogP contribution in [0.4, 0.5) is 0 Å². The fourth-order valence-corrected chi connectivity index (χ4v) is 5.59. The number of benzene rings is 1. The van der Waals surface area contributed by atoms with Crippen molar-refractivity contribution in [3.8, 4) is 5.75 Å². The second-order valence-corrected chi connectivity index (χ2v) is 9.73. The van der Waals surface area contributed by atoms with E-state index < -0.39 is 0 Å². The molecule has 4 rings (SSSR count). The minimum Gasteiger partial charge on any atom is -0.494 e. The first kappa shape index (κ1) is 18.6. The molecule has 1 N–H and O–H groups in total. The summed E-state index contributed by atoms with van der Waals surface area (Å²) in [5.74, 6) is 1.66. The van der Waals surface area contributed by atoms with Gasteiger partial charge in [0, 0.05) is 21.6 Å². The van der Waals surface area contributed by atoms with E-state index in [0.717, 1.165) is 34.5 Å². The van der Waals surface area contributed by atoms with Gasteiger partial charge >= 0.3 is 0 Å². The monoisotopic (exact) mass is 383 g/mol. The molecule has 144 valence electrons. The van der Waals surface area contributed by atoms with Crippen LogP contribution in [0.3, 0.4) is 0 Å². The average Bonchev–Trinajstić information content (AvgIpc) is 2.97. The maximum absolute atomic E-state index is 5.53. The van der Waals surface area contributed by atoms with E-state index in [2.05, 4.69) is 50.4 Å². The van der Waals surface area contributed by atoms with Crippen molar-refractivity contribution >= 4 is 28.3 Å². The van der Waals surface area contributed by atoms with Gasteiger partial charge in [0.1, 0.15) is 5.75 Å². The highest BCUT2D eigenvalue weighted by Crippen LogP contribution is 2.64. The molecule has 5 heteroatoms. The van der Waals surface area contributed by atoms with Gasteiger partial charge in [-0.3, -0.25) is 5.43 Å². The van der Waals surface area contributed by atoms with Crippen LogP contribution in [0.2, 0.25) is 0 Å². The predicted octanol–water partition coefficient (Wildman–Crippen LogP) is 5.67. The first-order valence-electron chi connectivity index (χ1n) is 9.89. The average molecular weight is 384 g/mol. The first-order chi connectivity index (χ1) is 12.8. The van der Waals surface area contributed by atoms with Crippen LogP contribution in [0.1, 0.15) is 59.4 Å². The maximum atomic E-state index is 5.53. The van der Waals surface area contributed by atoms with Crippen molar-refractivity contribution in [3.63, 3.8) is 0 Å². The molecule has 1 aromatic rings. The lowest BCUT2D eigenvalue weighted by Crippen LogP contribution is -2.33. The molecule has 4 nitrogen and oxygen atoms in total. The molecule has 0 radical (unpaired) electrons. The zero-order chi connectivity index (χ0) is 19.2. The van der Waals surface area contributed by atoms with Gasteiger partial charge in [0.15, 0.2) is 0 Å². The number of allylic oxidation sites excluding steroid dienone is 1. The molecule has 1 aromatic carbocycles. The van der Waals surface area contributed by atoms with Crippen molar-refractivity contribution in [2.24, 2.45) is 26.8 Å². The lowest BCUT2D eigenvalue weighted by molar-refractivity contribution is 0.194. The van der Waals surface area contributed by atoms with Crippen molar-refractivity contribution in [1.29, 1.82) is 0 Å². The number of aliphatic imine (C=N–C) groups is 1. The van der Waals surface area contributed by atoms with Crippen LogP contribution in [0, 0.1) is 16.7 Å². The van der Waals surface area contributed by atoms with Gasteiger partial charge in [-0.1, -0.05) is 32.5 Å². The molecule has 27 heavy (non-hydrogen) atoms. The number of nitrogens with zero attached hydrogens (tertiary/aromatic N) is 2. The fourth-order valence-electron chi connectivity index (χ4n) is 4.81. The van der Waals surface area contributed by atoms with E-state index in [-0.39, 0.29) is 5.41 Å². The Morgan fingerprint density at radius 1 is 1.26 bits per heavy atom. The summed E-state index contributed by atoms with van der Waals surface area (Å²) < 4.78 is 5.53. The van der Waals surface area contributed by atoms with Gasteiger partial charge in [0.2, 0.25) is 5.17 Å². The Balaban J connectivity index is 1.52. The van der Waals surface area contributed by atoms with E-state index in [1.54, 1.807) is 11.8 Å². The smallest absolute Gasteiger partial charge is 0.211 e. The van der Waals surface area contributed by atoms with Crippen LogP contribution in [-0.4, -0.2) is 17.5 Å². The summed E-state index contributed by atoms with van der Waals surface area (Å²) in [6.07, 6.45) is 3.71. The summed E-state index contributed by atoms with van der Waals surface area (Å²) >= 11 is 1.67. The topological polar surface area (TPSA) is 46.0 Å². The molecule has 1 aliphatic heterocycles. The molecule has 2 aliphatic carbocycles. The van der Waals surface area contributed by atoms with Gasteiger partial charge in [-0.25, -0.2) is 4.99 Å². The molecule has 2 atom stereocenters. The first-order valence-corrected chi connectivity index (χ1v) is 10.7. The summed E-state index contributed by atoms with van der Waals surface area (Å²) in [7, 11) is 0. The van der Waals surface area contributed by atoms with Gasteiger partial charge in [-0.05, 0) is 68.7 Å². The van der Waals surface area contributed by atoms with Gasteiger partial charge in [-0.2, -0.15) is 0 Å². The molecular weight excluding hydrogens is 354 g/mol. The van der Waals surface area contributed by atoms with Crippen LogP contribution >= 0.6 is 11.8 Å². The number of ether oxygens (including phenoxy) is 1. The van der Waals surface area contributed by atoms with Crippen molar-refractivity contribution in [2.45, 2.75) is 53.9 Å². The Bertz CT molecular complexity index is 838. The third kappa shape index (κ3) is 3.00. The molecular formula is C22H29N3OS. The predicted molar refractivity (Wildman–Crippen MR) is 115 cm³/mol. The van der Waals surface area contributed by atoms with E-state index >= 15 is 0 Å². The SMILES string of the molecule is CCOc1ccc(C2=C(C)SC(/N=C3\CC4CCC3(C)C4(C)C)=NN2)cc1. The Morgan fingerprint density at radius 3 is 2.56 bits per heavy atom. The largest absolute Gasteiger partial charge is 0.494 e. The van der Waals surface area contributed by atoms with E-state index in [9.17, 15) is 0 Å². The molecule has 0 amide bonds. The van der Waals surface area contributed by atoms with Crippen LogP contribution in [0.5, 0.6) is 5.75 Å². The Morgan fingerprint density at radius 2 is 2.00 bits per heavy atom. The molecule has 2 unspecified atom stereocenters. The van der Waals surface area contributed by atoms with Crippen LogP contribution in [0.15, 0.2) is 39.3 Å². The van der Waals surface area contributed by atoms with Crippen LogP contribution < -0.4 is 10.2 Å². The van der Waals surface area contributed by atoms with Crippen LogP contribution in [0.25, 0.3) is 5.70 Å². The number of amidine groups is 1. The Kier molecular flexibility index (Phi) is 4.61. The summed E-state index contributed by atoms with van der Waals surface area (Å²) in [5, 5.41) is 5.41. The summed E-state index contributed by atoms with van der Waals surface area (Å²) in [6, 6.07) is 8.15. The van der Waals surface area contributed by atoms with Gasteiger partial charge in [0.05, 0.1) is 12.3 Å². The lowest BCUT2D eigenvalue weighted by Gasteiger charge is -2.34. The highest BCUT2D eigenvalue weighted by molar-refractivity contribution is 8.17. The van der Waals surface area contributed by atoms with Gasteiger partial charge in [-0.15, -0.1) is 5.10 Å². The molecule has 2 saturated carbocycles. The van der Waals surface area contributed by atoms with Crippen molar-refractivity contribution in [3.05, 3.63) is 34.7 Å². The molecule has 2 fully saturated rings. The van der Waals surface area contributed by atoms with Crippen molar-refractivity contribution < 1.29 is 4.74 Å². The number of fused-ring (bicyclic) bond motifs is 2. The number of hydrogen-bond acceptors (Lipinski definition) is 5. The summed E-state index contributed by atoms with van der Waals surface area (Å²) in [5.41, 5.74) is 7.30. The third-order valence-electron chi connectivity index (χ3n) is 7.06. The lowest BCUT2D eigenvalue weighted by atomic mass is 9.70. The minimum atomic E-state index is 0.216. The zero-order valence-electron chi connectivity index (χ0n) is 16.9. The number of nitrogens with one attached hydrogen (secondary N) is 1. The molecule has 2 bridgehead atoms. The van der Waals surface area contributed by atoms with E-state index in [1.807, 2.05) is 19.1 Å². The minimum absolute atomic E-state index is 0.216. The third-order valence-corrected chi connectivity index (χ3v) is 7.93. The standard InChI is InChI=1S/C22H29N3OS/c1-6-26-17-9-7-15(8-10-17)19-14(2)27-20(25-24-19)23-18-13-16-11-12-22(18,5)21(16,3)4/h7-10,16,24H,6,11-13H2,1-5H3/b23-18+. The number of hydrazone groups is 1. The normalized spacial score (nSPS) is 30.5. The second-order valence-electron chi connectivity index (χ2n) is 8.55. The van der Waals surface area contributed by atoms with Gasteiger partial charge < -0.3 is 4.74 Å². The highest BCUT2D eigenvalue weighted by atomic mass is 32.2. The number of rotatable bonds is 3. The number of thioether (sulfide) groups is 1. The summed E-state index contributed by atoms with van der Waals surface area (Å²) in [6.45, 7) is 12.0. The number of hydrogen-bond donors (Lipinski definition) is 1. The fraction of sp³-hybridized carbons (Fsp3) is 0.545. The molecule has 0 spiro atoms. The van der Waals surface area contributed by atoms with E-state index in [4.69, 9.17) is 9.73 Å². The highest BCUT2D eigenvalue weighted by Gasteiger charge is 2.59. The quantitative estimate of drug-likeness (QED) is 0.731. The zero-order valence-corrected chi connectivity index (χ0v) is 17.7. The molecule has 3 aliphatic rings. The second kappa shape index (κ2) is 6.69. The molecule has 0 saturated heterocycles. The maximum Gasteiger partial charge on any atom is 0.211 e. The van der Waals surface area contributed by atoms with Crippen LogP contribution in [-0.2, 0) is 0 Å². The molecule has 0 aromatic heterocycles. The van der Waals surface area contributed by atoms with Crippen molar-refractivity contribution in [1.82, 2.24) is 5.43 Å². The summed E-state index contributed by atoms with van der Waals surface area (Å²) in [4.78, 5) is 6.21. The molecule has 1 heterocycles. The van der Waals surface area contributed by atoms with Gasteiger partial charge in [0.25, 0.3) is 0 Å². The Hall–Kier alpha value is -1.75. The Labute approximate surface area is 166 Å².